The van der Waals surface area contributed by atoms with E-state index in [0.29, 0.717) is 11.1 Å². The molecule has 3 nitrogen and oxygen atoms in total. The molecule has 0 unspecified atom stereocenters. The van der Waals surface area contributed by atoms with Crippen LogP contribution in [0.3, 0.4) is 0 Å². The third-order valence-corrected chi connectivity index (χ3v) is 3.38. The van der Waals surface area contributed by atoms with Crippen molar-refractivity contribution in [3.8, 4) is 6.07 Å². The number of carbonyl (C=O) groups is 1. The van der Waals surface area contributed by atoms with Crippen molar-refractivity contribution in [2.45, 2.75) is 6.54 Å². The van der Waals surface area contributed by atoms with E-state index in [4.69, 9.17) is 5.26 Å². The lowest BCUT2D eigenvalue weighted by Gasteiger charge is -2.05. The fourth-order valence-corrected chi connectivity index (χ4v) is 2.27. The van der Waals surface area contributed by atoms with Crippen LogP contribution in [-0.4, -0.2) is 10.4 Å². The highest BCUT2D eigenvalue weighted by molar-refractivity contribution is 5.96. The Hall–Kier alpha value is -2.93. The summed E-state index contributed by atoms with van der Waals surface area (Å²) in [6.45, 7) is 0.157. The summed E-state index contributed by atoms with van der Waals surface area (Å²) in [7, 11) is 0. The van der Waals surface area contributed by atoms with Gasteiger partial charge < -0.3 is 4.57 Å². The molecule has 0 aliphatic carbocycles. The number of halogens is 1. The quantitative estimate of drug-likeness (QED) is 0.688. The Morgan fingerprint density at radius 3 is 2.62 bits per heavy atom. The lowest BCUT2D eigenvalue weighted by atomic mass is 10.1. The summed E-state index contributed by atoms with van der Waals surface area (Å²) >= 11 is 0. The number of hydrogen-bond donors (Lipinski definition) is 0. The molecular weight excluding hydrogens is 267 g/mol. The zero-order chi connectivity index (χ0) is 14.8. The van der Waals surface area contributed by atoms with Crippen molar-refractivity contribution >= 4 is 16.7 Å². The number of nitrogens with zero attached hydrogens (tertiary/aromatic N) is 2. The molecule has 21 heavy (non-hydrogen) atoms. The highest BCUT2D eigenvalue weighted by Crippen LogP contribution is 2.18. The van der Waals surface area contributed by atoms with Gasteiger partial charge >= 0.3 is 0 Å². The predicted octanol–water partition coefficient (Wildman–Crippen LogP) is 3.53. The Morgan fingerprint density at radius 2 is 1.90 bits per heavy atom. The maximum Gasteiger partial charge on any atom is 0.182 e. The fraction of sp³-hybridized carbons (Fsp3) is 0.0588. The Kier molecular flexibility index (Phi) is 3.25. The number of Topliss-reactive ketones (excluding diaryl/α,β-unsaturated/α-hetero) is 1. The molecule has 102 valence electrons. The van der Waals surface area contributed by atoms with Gasteiger partial charge in [0.1, 0.15) is 5.82 Å². The topological polar surface area (TPSA) is 45.8 Å². The summed E-state index contributed by atoms with van der Waals surface area (Å²) < 4.78 is 14.7. The van der Waals surface area contributed by atoms with Gasteiger partial charge in [-0.3, -0.25) is 4.79 Å². The second-order valence-electron chi connectivity index (χ2n) is 4.76. The van der Waals surface area contributed by atoms with Crippen LogP contribution < -0.4 is 0 Å². The predicted molar refractivity (Wildman–Crippen MR) is 77.4 cm³/mol. The van der Waals surface area contributed by atoms with Gasteiger partial charge in [0.15, 0.2) is 5.78 Å². The van der Waals surface area contributed by atoms with Crippen LogP contribution in [-0.2, 0) is 6.54 Å². The number of benzene rings is 2. The molecule has 0 aliphatic rings. The van der Waals surface area contributed by atoms with Crippen LogP contribution in [0, 0.1) is 17.1 Å². The van der Waals surface area contributed by atoms with Crippen LogP contribution in [0.15, 0.2) is 54.7 Å². The zero-order valence-electron chi connectivity index (χ0n) is 11.1. The van der Waals surface area contributed by atoms with Gasteiger partial charge in [0.05, 0.1) is 18.2 Å². The van der Waals surface area contributed by atoms with Gasteiger partial charge in [-0.25, -0.2) is 4.39 Å². The monoisotopic (exact) mass is 278 g/mol. The molecule has 3 aromatic rings. The number of carbonyl (C=O) groups excluding carboxylic acids is 1. The Morgan fingerprint density at radius 1 is 1.14 bits per heavy atom. The first kappa shape index (κ1) is 13.1. The minimum absolute atomic E-state index is 0.102. The highest BCUT2D eigenvalue weighted by atomic mass is 19.1. The summed E-state index contributed by atoms with van der Waals surface area (Å²) in [5.41, 5.74) is 1.86. The molecule has 0 N–H and O–H groups in total. The van der Waals surface area contributed by atoms with Crippen LogP contribution in [0.1, 0.15) is 15.9 Å². The Bertz CT molecular complexity index is 857. The number of hydrogen-bond acceptors (Lipinski definition) is 2. The van der Waals surface area contributed by atoms with Crippen molar-refractivity contribution in [3.05, 3.63) is 71.7 Å². The summed E-state index contributed by atoms with van der Waals surface area (Å²) in [5.74, 6) is -0.466. The van der Waals surface area contributed by atoms with Gasteiger partial charge in [-0.15, -0.1) is 0 Å². The van der Waals surface area contributed by atoms with E-state index in [2.05, 4.69) is 6.07 Å². The fourth-order valence-electron chi connectivity index (χ4n) is 2.27. The molecular formula is C17H11FN2O. The van der Waals surface area contributed by atoms with Crippen molar-refractivity contribution in [1.82, 2.24) is 4.57 Å². The van der Waals surface area contributed by atoms with Crippen molar-refractivity contribution < 1.29 is 9.18 Å². The van der Waals surface area contributed by atoms with Gasteiger partial charge in [-0.1, -0.05) is 6.07 Å². The van der Waals surface area contributed by atoms with Gasteiger partial charge in [0.25, 0.3) is 0 Å². The number of rotatable bonds is 3. The molecule has 0 atom stereocenters. The maximum absolute atomic E-state index is 12.9. The molecule has 0 saturated carbocycles. The van der Waals surface area contributed by atoms with Crippen LogP contribution in [0.5, 0.6) is 0 Å². The molecule has 0 radical (unpaired) electrons. The Balaban J connectivity index is 1.93. The van der Waals surface area contributed by atoms with Crippen molar-refractivity contribution in [1.29, 1.82) is 5.26 Å². The summed E-state index contributed by atoms with van der Waals surface area (Å²) in [6.07, 6.45) is 1.81. The molecule has 1 heterocycles. The van der Waals surface area contributed by atoms with Gasteiger partial charge in [0, 0.05) is 17.3 Å². The van der Waals surface area contributed by atoms with E-state index in [1.165, 1.54) is 24.3 Å². The summed E-state index contributed by atoms with van der Waals surface area (Å²) in [6, 6.07) is 14.8. The SMILES string of the molecule is N#Cc1ccc2ccn(CC(=O)c3ccc(F)cc3)c2c1. The molecule has 4 heteroatoms. The van der Waals surface area contributed by atoms with E-state index in [-0.39, 0.29) is 18.1 Å². The molecule has 0 fully saturated rings. The first-order valence-corrected chi connectivity index (χ1v) is 6.45. The van der Waals surface area contributed by atoms with Crippen LogP contribution in [0.4, 0.5) is 4.39 Å². The third-order valence-electron chi connectivity index (χ3n) is 3.38. The third kappa shape index (κ3) is 2.54. The van der Waals surface area contributed by atoms with E-state index in [1.54, 1.807) is 16.7 Å². The van der Waals surface area contributed by atoms with Gasteiger partial charge in [-0.05, 0) is 47.9 Å². The standard InChI is InChI=1S/C17H11FN2O/c18-15-5-3-14(4-6-15)17(21)11-20-8-7-13-2-1-12(10-19)9-16(13)20/h1-9H,11H2. The van der Waals surface area contributed by atoms with Gasteiger partial charge in [0.2, 0.25) is 0 Å². The smallest absolute Gasteiger partial charge is 0.182 e. The number of ketones is 1. The molecule has 0 bridgehead atoms. The first-order valence-electron chi connectivity index (χ1n) is 6.45. The maximum atomic E-state index is 12.9. The van der Waals surface area contributed by atoms with Crippen molar-refractivity contribution in [2.24, 2.45) is 0 Å². The van der Waals surface area contributed by atoms with Crippen molar-refractivity contribution in [3.63, 3.8) is 0 Å². The molecule has 3 rings (SSSR count). The van der Waals surface area contributed by atoms with Crippen LogP contribution >= 0.6 is 0 Å². The summed E-state index contributed by atoms with van der Waals surface area (Å²) in [5, 5.41) is 9.92. The average Bonchev–Trinajstić information content (AvgIpc) is 2.90. The lowest BCUT2D eigenvalue weighted by Crippen LogP contribution is -2.09. The molecule has 0 spiro atoms. The minimum atomic E-state index is -0.364. The van der Waals surface area contributed by atoms with Gasteiger partial charge in [-0.2, -0.15) is 5.26 Å². The highest BCUT2D eigenvalue weighted by Gasteiger charge is 2.09. The average molecular weight is 278 g/mol. The largest absolute Gasteiger partial charge is 0.340 e. The molecule has 2 aromatic carbocycles. The van der Waals surface area contributed by atoms with E-state index in [0.717, 1.165) is 10.9 Å². The lowest BCUT2D eigenvalue weighted by molar-refractivity contribution is 0.0973. The molecule has 0 amide bonds. The number of aromatic nitrogens is 1. The number of nitriles is 1. The second kappa shape index (κ2) is 5.22. The molecule has 0 saturated heterocycles. The Labute approximate surface area is 120 Å². The minimum Gasteiger partial charge on any atom is -0.340 e. The normalized spacial score (nSPS) is 10.5. The molecule has 0 aliphatic heterocycles. The van der Waals surface area contributed by atoms with E-state index < -0.39 is 0 Å². The number of fused-ring (bicyclic) bond motifs is 1. The molecule has 1 aromatic heterocycles. The van der Waals surface area contributed by atoms with Crippen molar-refractivity contribution in [2.75, 3.05) is 0 Å². The second-order valence-corrected chi connectivity index (χ2v) is 4.76. The van der Waals surface area contributed by atoms with E-state index in [9.17, 15) is 9.18 Å². The zero-order valence-corrected chi connectivity index (χ0v) is 11.1. The van der Waals surface area contributed by atoms with Crippen LogP contribution in [0.25, 0.3) is 10.9 Å². The summed E-state index contributed by atoms with van der Waals surface area (Å²) in [4.78, 5) is 12.2. The van der Waals surface area contributed by atoms with Crippen LogP contribution in [0.2, 0.25) is 0 Å². The van der Waals surface area contributed by atoms with E-state index in [1.807, 2.05) is 18.3 Å². The first-order chi connectivity index (χ1) is 10.2. The van der Waals surface area contributed by atoms with E-state index >= 15 is 0 Å².